The van der Waals surface area contributed by atoms with Crippen LogP contribution in [-0.4, -0.2) is 43.9 Å². The Balaban J connectivity index is 1.45. The zero-order chi connectivity index (χ0) is 13.8. The molecule has 2 fully saturated rings. The lowest BCUT2D eigenvalue weighted by molar-refractivity contribution is 0.0881. The fourth-order valence-corrected chi connectivity index (χ4v) is 3.20. The molecule has 0 aliphatic carbocycles. The van der Waals surface area contributed by atoms with Crippen molar-refractivity contribution >= 4 is 11.6 Å². The van der Waals surface area contributed by atoms with Crippen molar-refractivity contribution in [2.75, 3.05) is 32.8 Å². The molecule has 1 aromatic carbocycles. The minimum absolute atomic E-state index is 0.297. The molecular weight excluding hydrogens is 274 g/mol. The molecule has 1 atom stereocenters. The van der Waals surface area contributed by atoms with Crippen molar-refractivity contribution in [1.29, 1.82) is 0 Å². The molecule has 0 aromatic heterocycles. The van der Waals surface area contributed by atoms with Crippen LogP contribution in [0.2, 0.25) is 5.02 Å². The monoisotopic (exact) mass is 295 g/mol. The number of benzene rings is 1. The molecule has 0 unspecified atom stereocenters. The summed E-state index contributed by atoms with van der Waals surface area (Å²) in [6.07, 6.45) is 3.68. The van der Waals surface area contributed by atoms with Crippen LogP contribution in [0.5, 0.6) is 5.75 Å². The first kappa shape index (κ1) is 14.2. The van der Waals surface area contributed by atoms with E-state index in [9.17, 15) is 0 Å². The first-order valence-corrected chi connectivity index (χ1v) is 7.90. The average molecular weight is 296 g/mol. The van der Waals surface area contributed by atoms with E-state index in [2.05, 4.69) is 4.90 Å². The molecule has 0 saturated carbocycles. The van der Waals surface area contributed by atoms with E-state index in [0.717, 1.165) is 50.8 Å². The summed E-state index contributed by atoms with van der Waals surface area (Å²) in [6.45, 7) is 5.29. The van der Waals surface area contributed by atoms with E-state index in [-0.39, 0.29) is 0 Å². The maximum Gasteiger partial charge on any atom is 0.138 e. The van der Waals surface area contributed by atoms with Crippen LogP contribution in [0.1, 0.15) is 19.3 Å². The van der Waals surface area contributed by atoms with Gasteiger partial charge in [0.05, 0.1) is 11.6 Å². The first-order valence-electron chi connectivity index (χ1n) is 7.52. The van der Waals surface area contributed by atoms with Gasteiger partial charge in [0.15, 0.2) is 0 Å². The highest BCUT2D eigenvalue weighted by Crippen LogP contribution is 2.27. The van der Waals surface area contributed by atoms with E-state index in [1.807, 2.05) is 24.3 Å². The van der Waals surface area contributed by atoms with Gasteiger partial charge < -0.3 is 14.4 Å². The smallest absolute Gasteiger partial charge is 0.138 e. The number of likely N-dealkylation sites (tertiary alicyclic amines) is 1. The van der Waals surface area contributed by atoms with E-state index in [1.54, 1.807) is 0 Å². The van der Waals surface area contributed by atoms with E-state index in [0.29, 0.717) is 11.1 Å². The molecule has 1 aromatic rings. The molecule has 4 heteroatoms. The van der Waals surface area contributed by atoms with Crippen LogP contribution in [0.4, 0.5) is 0 Å². The third-order valence-electron chi connectivity index (χ3n) is 4.21. The highest BCUT2D eigenvalue weighted by molar-refractivity contribution is 6.32. The molecule has 0 radical (unpaired) electrons. The summed E-state index contributed by atoms with van der Waals surface area (Å²) in [4.78, 5) is 2.55. The van der Waals surface area contributed by atoms with Crippen LogP contribution < -0.4 is 4.74 Å². The van der Waals surface area contributed by atoms with Gasteiger partial charge in [0, 0.05) is 26.2 Å². The van der Waals surface area contributed by atoms with Crippen LogP contribution in [0, 0.1) is 5.92 Å². The van der Waals surface area contributed by atoms with Crippen LogP contribution in [0.3, 0.4) is 0 Å². The lowest BCUT2D eigenvalue weighted by Crippen LogP contribution is -2.40. The van der Waals surface area contributed by atoms with Crippen molar-refractivity contribution in [3.63, 3.8) is 0 Å². The standard InChI is InChI=1S/C16H22ClNO2/c17-15-3-1-2-4-16(15)20-14-5-8-18(9-6-14)11-13-7-10-19-12-13/h1-4,13-14H,5-12H2/t13-/m1/s1. The summed E-state index contributed by atoms with van der Waals surface area (Å²) in [5.74, 6) is 1.55. The minimum atomic E-state index is 0.297. The largest absolute Gasteiger partial charge is 0.489 e. The Labute approximate surface area is 125 Å². The summed E-state index contributed by atoms with van der Waals surface area (Å²) in [5, 5.41) is 0.707. The zero-order valence-electron chi connectivity index (χ0n) is 11.8. The Morgan fingerprint density at radius 1 is 1.20 bits per heavy atom. The van der Waals surface area contributed by atoms with Crippen molar-refractivity contribution in [3.8, 4) is 5.75 Å². The van der Waals surface area contributed by atoms with Crippen LogP contribution in [0.25, 0.3) is 0 Å². The zero-order valence-corrected chi connectivity index (χ0v) is 12.5. The van der Waals surface area contributed by atoms with Gasteiger partial charge in [-0.1, -0.05) is 23.7 Å². The van der Waals surface area contributed by atoms with E-state index < -0.39 is 0 Å². The molecule has 0 bridgehead atoms. The second-order valence-corrected chi connectivity index (χ2v) is 6.19. The third kappa shape index (κ3) is 3.66. The summed E-state index contributed by atoms with van der Waals surface area (Å²) < 4.78 is 11.5. The predicted molar refractivity (Wildman–Crippen MR) is 80.5 cm³/mol. The molecule has 20 heavy (non-hydrogen) atoms. The number of nitrogens with zero attached hydrogens (tertiary/aromatic N) is 1. The molecule has 0 spiro atoms. The van der Waals surface area contributed by atoms with E-state index >= 15 is 0 Å². The number of halogens is 1. The minimum Gasteiger partial charge on any atom is -0.489 e. The molecular formula is C16H22ClNO2. The number of hydrogen-bond donors (Lipinski definition) is 0. The van der Waals surface area contributed by atoms with Crippen molar-refractivity contribution in [3.05, 3.63) is 29.3 Å². The maximum atomic E-state index is 6.14. The number of hydrogen-bond acceptors (Lipinski definition) is 3. The summed E-state index contributed by atoms with van der Waals surface area (Å²) in [7, 11) is 0. The van der Waals surface area contributed by atoms with Crippen molar-refractivity contribution < 1.29 is 9.47 Å². The Morgan fingerprint density at radius 3 is 2.70 bits per heavy atom. The lowest BCUT2D eigenvalue weighted by Gasteiger charge is -2.33. The van der Waals surface area contributed by atoms with Crippen molar-refractivity contribution in [2.45, 2.75) is 25.4 Å². The van der Waals surface area contributed by atoms with E-state index in [1.165, 1.54) is 13.0 Å². The van der Waals surface area contributed by atoms with Crippen LogP contribution >= 0.6 is 11.6 Å². The second kappa shape index (κ2) is 6.79. The van der Waals surface area contributed by atoms with Gasteiger partial charge in [-0.25, -0.2) is 0 Å². The molecule has 2 aliphatic heterocycles. The molecule has 2 heterocycles. The molecule has 0 N–H and O–H groups in total. The molecule has 2 saturated heterocycles. The lowest BCUT2D eigenvalue weighted by atomic mass is 10.0. The second-order valence-electron chi connectivity index (χ2n) is 5.78. The SMILES string of the molecule is Clc1ccccc1OC1CCN(C[C@H]2CCOC2)CC1. The van der Waals surface area contributed by atoms with Crippen molar-refractivity contribution in [1.82, 2.24) is 4.90 Å². The number of ether oxygens (including phenoxy) is 2. The van der Waals surface area contributed by atoms with Gasteiger partial charge in [0.25, 0.3) is 0 Å². The fraction of sp³-hybridized carbons (Fsp3) is 0.625. The maximum absolute atomic E-state index is 6.14. The summed E-state index contributed by atoms with van der Waals surface area (Å²) in [5.41, 5.74) is 0. The Kier molecular flexibility index (Phi) is 4.81. The van der Waals surface area contributed by atoms with Crippen LogP contribution in [-0.2, 0) is 4.74 Å². The third-order valence-corrected chi connectivity index (χ3v) is 4.52. The Bertz CT molecular complexity index is 426. The fourth-order valence-electron chi connectivity index (χ4n) is 3.02. The molecule has 0 amide bonds. The highest BCUT2D eigenvalue weighted by Gasteiger charge is 2.24. The first-order chi connectivity index (χ1) is 9.81. The normalized spacial score (nSPS) is 24.9. The van der Waals surface area contributed by atoms with Gasteiger partial charge in [0.1, 0.15) is 11.9 Å². The number of piperidine rings is 1. The van der Waals surface area contributed by atoms with Gasteiger partial charge in [-0.15, -0.1) is 0 Å². The molecule has 2 aliphatic rings. The summed E-state index contributed by atoms with van der Waals surface area (Å²) >= 11 is 6.14. The molecule has 110 valence electrons. The van der Waals surface area contributed by atoms with Crippen LogP contribution in [0.15, 0.2) is 24.3 Å². The van der Waals surface area contributed by atoms with Crippen molar-refractivity contribution in [2.24, 2.45) is 5.92 Å². The molecule has 3 rings (SSSR count). The quantitative estimate of drug-likeness (QED) is 0.851. The summed E-state index contributed by atoms with van der Waals surface area (Å²) in [6, 6.07) is 7.73. The predicted octanol–water partition coefficient (Wildman–Crippen LogP) is 3.22. The topological polar surface area (TPSA) is 21.7 Å². The highest BCUT2D eigenvalue weighted by atomic mass is 35.5. The number of rotatable bonds is 4. The molecule has 3 nitrogen and oxygen atoms in total. The Hall–Kier alpha value is -0.770. The Morgan fingerprint density at radius 2 is 2.00 bits per heavy atom. The average Bonchev–Trinajstić information content (AvgIpc) is 2.96. The van der Waals surface area contributed by atoms with Gasteiger partial charge in [-0.3, -0.25) is 0 Å². The number of para-hydroxylation sites is 1. The van der Waals surface area contributed by atoms with Gasteiger partial charge in [-0.2, -0.15) is 0 Å². The van der Waals surface area contributed by atoms with Gasteiger partial charge >= 0.3 is 0 Å². The van der Waals surface area contributed by atoms with Gasteiger partial charge in [0.2, 0.25) is 0 Å². The van der Waals surface area contributed by atoms with E-state index in [4.69, 9.17) is 21.1 Å². The van der Waals surface area contributed by atoms with Gasteiger partial charge in [-0.05, 0) is 37.3 Å².